The van der Waals surface area contributed by atoms with Gasteiger partial charge in [0.15, 0.2) is 0 Å². The Morgan fingerprint density at radius 3 is 2.59 bits per heavy atom. The summed E-state index contributed by atoms with van der Waals surface area (Å²) in [6.07, 6.45) is 1.72. The molecule has 1 aliphatic heterocycles. The van der Waals surface area contributed by atoms with E-state index in [0.717, 1.165) is 44.2 Å². The molecule has 6 nitrogen and oxygen atoms in total. The van der Waals surface area contributed by atoms with Gasteiger partial charge in [-0.05, 0) is 18.2 Å². The second kappa shape index (κ2) is 8.03. The number of halogens is 1. The molecule has 0 amide bonds. The van der Waals surface area contributed by atoms with E-state index in [0.29, 0.717) is 6.54 Å². The highest BCUT2D eigenvalue weighted by Crippen LogP contribution is 2.10. The number of aromatic nitrogens is 3. The van der Waals surface area contributed by atoms with Crippen molar-refractivity contribution in [2.75, 3.05) is 32.8 Å². The highest BCUT2D eigenvalue weighted by molar-refractivity contribution is 5.85. The predicted octanol–water partition coefficient (Wildman–Crippen LogP) is 1.06. The van der Waals surface area contributed by atoms with E-state index in [4.69, 9.17) is 4.74 Å². The van der Waals surface area contributed by atoms with Crippen molar-refractivity contribution in [2.24, 2.45) is 0 Å². The number of hydrogen-bond donors (Lipinski definition) is 0. The molecule has 0 aliphatic carbocycles. The van der Waals surface area contributed by atoms with Crippen LogP contribution in [0.15, 0.2) is 41.3 Å². The minimum absolute atomic E-state index is 0. The Balaban J connectivity index is 0.00000176. The van der Waals surface area contributed by atoms with E-state index < -0.39 is 0 Å². The molecule has 0 N–H and O–H groups in total. The van der Waals surface area contributed by atoms with E-state index in [2.05, 4.69) is 15.0 Å². The average Bonchev–Trinajstić information content (AvgIpc) is 2.56. The Labute approximate surface area is 135 Å². The maximum absolute atomic E-state index is 11.9. The smallest absolute Gasteiger partial charge is 0.266 e. The largest absolute Gasteiger partial charge is 0.379 e. The fourth-order valence-electron chi connectivity index (χ4n) is 2.32. The first-order valence-corrected chi connectivity index (χ1v) is 7.12. The topological polar surface area (TPSA) is 60.2 Å². The second-order valence-corrected chi connectivity index (χ2v) is 4.95. The summed E-state index contributed by atoms with van der Waals surface area (Å²) in [5.74, 6) is 0. The monoisotopic (exact) mass is 322 g/mol. The van der Waals surface area contributed by atoms with Crippen molar-refractivity contribution in [3.05, 3.63) is 46.9 Å². The third-order valence-electron chi connectivity index (χ3n) is 3.53. The van der Waals surface area contributed by atoms with Crippen molar-refractivity contribution in [2.45, 2.75) is 6.54 Å². The molecule has 0 bridgehead atoms. The van der Waals surface area contributed by atoms with Crippen molar-refractivity contribution in [1.29, 1.82) is 0 Å². The third-order valence-corrected chi connectivity index (χ3v) is 3.53. The lowest BCUT2D eigenvalue weighted by Crippen LogP contribution is -2.39. The van der Waals surface area contributed by atoms with Gasteiger partial charge in [0.2, 0.25) is 0 Å². The lowest BCUT2D eigenvalue weighted by molar-refractivity contribution is 0.0358. The van der Waals surface area contributed by atoms with Gasteiger partial charge in [0.25, 0.3) is 5.56 Å². The molecule has 7 heteroatoms. The number of hydrogen-bond acceptors (Lipinski definition) is 5. The Kier molecular flexibility index (Phi) is 6.06. The summed E-state index contributed by atoms with van der Waals surface area (Å²) in [5.41, 5.74) is 1.41. The van der Waals surface area contributed by atoms with Gasteiger partial charge in [0, 0.05) is 31.9 Å². The highest BCUT2D eigenvalue weighted by atomic mass is 35.5. The normalized spacial score (nSPS) is 15.3. The summed E-state index contributed by atoms with van der Waals surface area (Å²) >= 11 is 0. The molecule has 1 fully saturated rings. The third kappa shape index (κ3) is 4.13. The summed E-state index contributed by atoms with van der Waals surface area (Å²) in [7, 11) is 0. The maximum Gasteiger partial charge on any atom is 0.266 e. The summed E-state index contributed by atoms with van der Waals surface area (Å²) in [6.45, 7) is 4.73. The van der Waals surface area contributed by atoms with Gasteiger partial charge in [-0.15, -0.1) is 12.4 Å². The molecule has 1 aliphatic rings. The van der Waals surface area contributed by atoms with Gasteiger partial charge in [-0.1, -0.05) is 6.07 Å². The summed E-state index contributed by atoms with van der Waals surface area (Å²) in [5, 5.41) is 4.41. The van der Waals surface area contributed by atoms with Crippen LogP contribution in [0.25, 0.3) is 11.4 Å². The van der Waals surface area contributed by atoms with Crippen molar-refractivity contribution in [3.8, 4) is 11.4 Å². The van der Waals surface area contributed by atoms with Crippen molar-refractivity contribution < 1.29 is 4.74 Å². The summed E-state index contributed by atoms with van der Waals surface area (Å²) in [6, 6.07) is 8.93. The van der Waals surface area contributed by atoms with Crippen LogP contribution in [0.1, 0.15) is 0 Å². The molecule has 3 heterocycles. The van der Waals surface area contributed by atoms with Gasteiger partial charge in [-0.25, -0.2) is 4.68 Å². The van der Waals surface area contributed by atoms with Gasteiger partial charge >= 0.3 is 0 Å². The molecule has 0 saturated carbocycles. The first kappa shape index (κ1) is 16.6. The average molecular weight is 323 g/mol. The van der Waals surface area contributed by atoms with E-state index in [-0.39, 0.29) is 18.0 Å². The fourth-order valence-corrected chi connectivity index (χ4v) is 2.32. The zero-order valence-electron chi connectivity index (χ0n) is 12.2. The number of morpholine rings is 1. The Bertz CT molecular complexity index is 641. The lowest BCUT2D eigenvalue weighted by atomic mass is 10.2. The van der Waals surface area contributed by atoms with Crippen LogP contribution in [-0.2, 0) is 11.3 Å². The molecule has 0 aromatic carbocycles. The van der Waals surface area contributed by atoms with Gasteiger partial charge < -0.3 is 4.74 Å². The van der Waals surface area contributed by atoms with Crippen LogP contribution in [0, 0.1) is 0 Å². The molecule has 3 rings (SSSR count). The van der Waals surface area contributed by atoms with E-state index >= 15 is 0 Å². The maximum atomic E-state index is 11.9. The molecule has 2 aromatic heterocycles. The van der Waals surface area contributed by atoms with Crippen LogP contribution in [0.3, 0.4) is 0 Å². The zero-order chi connectivity index (χ0) is 14.5. The van der Waals surface area contributed by atoms with E-state index in [9.17, 15) is 4.79 Å². The fraction of sp³-hybridized carbons (Fsp3) is 0.400. The molecule has 2 aromatic rings. The molecule has 0 radical (unpaired) electrons. The molecular formula is C15H19ClN4O2. The quantitative estimate of drug-likeness (QED) is 0.842. The van der Waals surface area contributed by atoms with Crippen LogP contribution in [-0.4, -0.2) is 52.5 Å². The van der Waals surface area contributed by atoms with Crippen LogP contribution >= 0.6 is 12.4 Å². The van der Waals surface area contributed by atoms with Gasteiger partial charge in [-0.3, -0.25) is 14.7 Å². The van der Waals surface area contributed by atoms with E-state index in [1.54, 1.807) is 18.3 Å². The van der Waals surface area contributed by atoms with Crippen LogP contribution in [0.4, 0.5) is 0 Å². The zero-order valence-corrected chi connectivity index (χ0v) is 13.0. The molecule has 0 unspecified atom stereocenters. The number of pyridine rings is 1. The molecule has 1 saturated heterocycles. The molecule has 118 valence electrons. The second-order valence-electron chi connectivity index (χ2n) is 4.95. The minimum Gasteiger partial charge on any atom is -0.379 e. The molecule has 0 spiro atoms. The first-order chi connectivity index (χ1) is 10.3. The van der Waals surface area contributed by atoms with Gasteiger partial charge in [0.1, 0.15) is 5.69 Å². The van der Waals surface area contributed by atoms with Crippen molar-refractivity contribution in [3.63, 3.8) is 0 Å². The van der Waals surface area contributed by atoms with E-state index in [1.165, 1.54) is 4.68 Å². The van der Waals surface area contributed by atoms with Crippen molar-refractivity contribution >= 4 is 12.4 Å². The first-order valence-electron chi connectivity index (χ1n) is 7.12. The standard InChI is InChI=1S/C15H18N4O2.ClH/c20-15-5-4-14(13-3-1-2-6-16-13)17-19(15)8-7-18-9-11-21-12-10-18;/h1-6H,7-12H2;1H. The predicted molar refractivity (Wildman–Crippen MR) is 86.2 cm³/mol. The SMILES string of the molecule is Cl.O=c1ccc(-c2ccccn2)nn1CCN1CCOCC1. The van der Waals surface area contributed by atoms with Crippen LogP contribution in [0.5, 0.6) is 0 Å². The number of rotatable bonds is 4. The van der Waals surface area contributed by atoms with Crippen LogP contribution < -0.4 is 5.56 Å². The number of nitrogens with zero attached hydrogens (tertiary/aromatic N) is 4. The highest BCUT2D eigenvalue weighted by Gasteiger charge is 2.11. The summed E-state index contributed by atoms with van der Waals surface area (Å²) in [4.78, 5) is 18.5. The minimum atomic E-state index is -0.0806. The van der Waals surface area contributed by atoms with Crippen LogP contribution in [0.2, 0.25) is 0 Å². The number of ether oxygens (including phenoxy) is 1. The lowest BCUT2D eigenvalue weighted by Gasteiger charge is -2.26. The summed E-state index contributed by atoms with van der Waals surface area (Å²) < 4.78 is 6.83. The Morgan fingerprint density at radius 2 is 1.86 bits per heavy atom. The van der Waals surface area contributed by atoms with Gasteiger partial charge in [-0.2, -0.15) is 5.10 Å². The molecular weight excluding hydrogens is 304 g/mol. The van der Waals surface area contributed by atoms with Crippen molar-refractivity contribution in [1.82, 2.24) is 19.7 Å². The molecule has 22 heavy (non-hydrogen) atoms. The Morgan fingerprint density at radius 1 is 1.05 bits per heavy atom. The Hall–Kier alpha value is -1.76. The van der Waals surface area contributed by atoms with E-state index in [1.807, 2.05) is 18.2 Å². The molecule has 0 atom stereocenters. The van der Waals surface area contributed by atoms with Gasteiger partial charge in [0.05, 0.1) is 25.5 Å².